The molecule has 0 atom stereocenters. The molecule has 0 aliphatic carbocycles. The van der Waals surface area contributed by atoms with Crippen molar-refractivity contribution in [3.8, 4) is 0 Å². The van der Waals surface area contributed by atoms with Crippen LogP contribution in [-0.2, 0) is 17.6 Å². The number of carbonyl (C=O) groups excluding carboxylic acids is 1. The van der Waals surface area contributed by atoms with E-state index >= 15 is 0 Å². The molecule has 0 spiro atoms. The summed E-state index contributed by atoms with van der Waals surface area (Å²) in [5.41, 5.74) is 1.67. The number of carbonyl (C=O) groups is 1. The molecule has 2 aromatic carbocycles. The molecule has 1 heterocycles. The highest BCUT2D eigenvalue weighted by atomic mass is 35.5. The maximum absolute atomic E-state index is 13.7. The first-order chi connectivity index (χ1) is 13.5. The lowest BCUT2D eigenvalue weighted by molar-refractivity contribution is -0.129. The molecule has 0 saturated carbocycles. The smallest absolute Gasteiger partial charge is 0.226 e. The fraction of sp³-hybridized carbons (Fsp3) is 0.435. The summed E-state index contributed by atoms with van der Waals surface area (Å²) in [5, 5.41) is 0.646. The topological polar surface area (TPSA) is 23.6 Å². The van der Waals surface area contributed by atoms with E-state index < -0.39 is 0 Å². The number of hydrogen-bond acceptors (Lipinski definition) is 2. The summed E-state index contributed by atoms with van der Waals surface area (Å²) in [5.74, 6) is 0.510. The second-order valence-corrected chi connectivity index (χ2v) is 8.08. The number of likely N-dealkylation sites (tertiary alicyclic amines) is 1. The molecule has 0 bridgehead atoms. The third kappa shape index (κ3) is 5.79. The van der Waals surface area contributed by atoms with Gasteiger partial charge in [0, 0.05) is 25.2 Å². The predicted molar refractivity (Wildman–Crippen MR) is 112 cm³/mol. The second-order valence-electron chi connectivity index (χ2n) is 7.67. The van der Waals surface area contributed by atoms with Crippen LogP contribution in [0, 0.1) is 11.7 Å². The molecular formula is C23H28ClFN2O. The van der Waals surface area contributed by atoms with E-state index in [0.717, 1.165) is 56.6 Å². The second kappa shape index (κ2) is 10.0. The van der Waals surface area contributed by atoms with Crippen LogP contribution in [-0.4, -0.2) is 48.9 Å². The van der Waals surface area contributed by atoms with Crippen LogP contribution < -0.4 is 0 Å². The van der Waals surface area contributed by atoms with Gasteiger partial charge in [-0.2, -0.15) is 0 Å². The van der Waals surface area contributed by atoms with Crippen molar-refractivity contribution in [1.29, 1.82) is 0 Å². The molecule has 5 heteroatoms. The SMILES string of the molecule is CN(CC1CCN(CCc2ccccc2F)CC1)C(=O)Cc1ccccc1Cl. The van der Waals surface area contributed by atoms with E-state index in [0.29, 0.717) is 17.4 Å². The van der Waals surface area contributed by atoms with Gasteiger partial charge in [0.15, 0.2) is 0 Å². The van der Waals surface area contributed by atoms with E-state index in [-0.39, 0.29) is 11.7 Å². The Morgan fingerprint density at radius 1 is 1.11 bits per heavy atom. The highest BCUT2D eigenvalue weighted by Crippen LogP contribution is 2.20. The Balaban J connectivity index is 1.40. The first-order valence-corrected chi connectivity index (χ1v) is 10.3. The van der Waals surface area contributed by atoms with Gasteiger partial charge in [0.1, 0.15) is 5.82 Å². The van der Waals surface area contributed by atoms with Gasteiger partial charge in [-0.3, -0.25) is 4.79 Å². The van der Waals surface area contributed by atoms with Crippen LogP contribution in [0.3, 0.4) is 0 Å². The van der Waals surface area contributed by atoms with Crippen LogP contribution in [0.15, 0.2) is 48.5 Å². The Kier molecular flexibility index (Phi) is 7.46. The number of likely N-dealkylation sites (N-methyl/N-ethyl adjacent to an activating group) is 1. The molecule has 1 amide bonds. The Labute approximate surface area is 172 Å². The van der Waals surface area contributed by atoms with E-state index in [1.807, 2.05) is 48.3 Å². The third-order valence-electron chi connectivity index (χ3n) is 5.62. The molecule has 1 saturated heterocycles. The Morgan fingerprint density at radius 2 is 1.75 bits per heavy atom. The number of hydrogen-bond donors (Lipinski definition) is 0. The summed E-state index contributed by atoms with van der Waals surface area (Å²) in [7, 11) is 1.88. The van der Waals surface area contributed by atoms with Gasteiger partial charge in [-0.1, -0.05) is 48.0 Å². The van der Waals surface area contributed by atoms with Gasteiger partial charge in [0.05, 0.1) is 6.42 Å². The maximum Gasteiger partial charge on any atom is 0.226 e. The average molecular weight is 403 g/mol. The van der Waals surface area contributed by atoms with Crippen LogP contribution in [0.1, 0.15) is 24.0 Å². The van der Waals surface area contributed by atoms with Crippen molar-refractivity contribution < 1.29 is 9.18 Å². The summed E-state index contributed by atoms with van der Waals surface area (Å²) in [6, 6.07) is 14.5. The van der Waals surface area contributed by atoms with E-state index in [1.165, 1.54) is 6.07 Å². The van der Waals surface area contributed by atoms with Crippen LogP contribution >= 0.6 is 11.6 Å². The first kappa shape index (κ1) is 20.8. The molecule has 2 aromatic rings. The van der Waals surface area contributed by atoms with Gasteiger partial charge in [-0.25, -0.2) is 4.39 Å². The lowest BCUT2D eigenvalue weighted by Crippen LogP contribution is -2.40. The summed E-state index contributed by atoms with van der Waals surface area (Å²) in [6.45, 7) is 3.68. The lowest BCUT2D eigenvalue weighted by atomic mass is 9.95. The number of rotatable bonds is 7. The monoisotopic (exact) mass is 402 g/mol. The summed E-state index contributed by atoms with van der Waals surface area (Å²) in [4.78, 5) is 16.7. The molecule has 3 nitrogen and oxygen atoms in total. The van der Waals surface area contributed by atoms with Crippen molar-refractivity contribution in [3.05, 3.63) is 70.5 Å². The third-order valence-corrected chi connectivity index (χ3v) is 5.99. The predicted octanol–water partition coefficient (Wildman–Crippen LogP) is 4.43. The Hall–Kier alpha value is -1.91. The van der Waals surface area contributed by atoms with Crippen molar-refractivity contribution in [2.45, 2.75) is 25.7 Å². The van der Waals surface area contributed by atoms with Crippen molar-refractivity contribution in [1.82, 2.24) is 9.80 Å². The fourth-order valence-electron chi connectivity index (χ4n) is 3.80. The molecule has 1 fully saturated rings. The van der Waals surface area contributed by atoms with Crippen molar-refractivity contribution in [2.24, 2.45) is 5.92 Å². The minimum Gasteiger partial charge on any atom is -0.345 e. The number of piperidine rings is 1. The van der Waals surface area contributed by atoms with Crippen LogP contribution in [0.25, 0.3) is 0 Å². The average Bonchev–Trinajstić information content (AvgIpc) is 2.70. The van der Waals surface area contributed by atoms with E-state index in [2.05, 4.69) is 4.90 Å². The molecule has 0 aromatic heterocycles. The molecule has 1 aliphatic rings. The molecule has 0 N–H and O–H groups in total. The van der Waals surface area contributed by atoms with E-state index in [9.17, 15) is 9.18 Å². The van der Waals surface area contributed by atoms with Gasteiger partial charge in [0.25, 0.3) is 0 Å². The van der Waals surface area contributed by atoms with Crippen molar-refractivity contribution >= 4 is 17.5 Å². The molecule has 28 heavy (non-hydrogen) atoms. The summed E-state index contributed by atoms with van der Waals surface area (Å²) in [6.07, 6.45) is 3.23. The summed E-state index contributed by atoms with van der Waals surface area (Å²) >= 11 is 6.16. The van der Waals surface area contributed by atoms with Crippen molar-refractivity contribution in [2.75, 3.05) is 33.2 Å². The standard InChI is InChI=1S/C23H28ClFN2O/c1-26(23(28)16-20-7-2-4-8-21(20)24)17-18-10-13-27(14-11-18)15-12-19-6-3-5-9-22(19)25/h2-9,18H,10-17H2,1H3. The van der Waals surface area contributed by atoms with Crippen LogP contribution in [0.5, 0.6) is 0 Å². The minimum absolute atomic E-state index is 0.107. The number of amides is 1. The zero-order valence-electron chi connectivity index (χ0n) is 16.4. The highest BCUT2D eigenvalue weighted by Gasteiger charge is 2.22. The molecule has 0 unspecified atom stereocenters. The minimum atomic E-state index is -0.115. The normalized spacial score (nSPS) is 15.5. The van der Waals surface area contributed by atoms with Gasteiger partial charge >= 0.3 is 0 Å². The quantitative estimate of drug-likeness (QED) is 0.683. The maximum atomic E-state index is 13.7. The molecular weight excluding hydrogens is 375 g/mol. The van der Waals surface area contributed by atoms with Gasteiger partial charge in [0.2, 0.25) is 5.91 Å². The lowest BCUT2D eigenvalue weighted by Gasteiger charge is -2.34. The molecule has 0 radical (unpaired) electrons. The number of benzene rings is 2. The van der Waals surface area contributed by atoms with Gasteiger partial charge < -0.3 is 9.80 Å². The highest BCUT2D eigenvalue weighted by molar-refractivity contribution is 6.31. The zero-order valence-corrected chi connectivity index (χ0v) is 17.2. The number of halogens is 2. The number of nitrogens with zero attached hydrogens (tertiary/aromatic N) is 2. The van der Waals surface area contributed by atoms with Crippen LogP contribution in [0.4, 0.5) is 4.39 Å². The molecule has 3 rings (SSSR count). The Morgan fingerprint density at radius 3 is 2.43 bits per heavy atom. The summed E-state index contributed by atoms with van der Waals surface area (Å²) < 4.78 is 13.7. The fourth-order valence-corrected chi connectivity index (χ4v) is 4.00. The molecule has 1 aliphatic heterocycles. The zero-order chi connectivity index (χ0) is 19.9. The van der Waals surface area contributed by atoms with Crippen molar-refractivity contribution in [3.63, 3.8) is 0 Å². The van der Waals surface area contributed by atoms with Gasteiger partial charge in [-0.05, 0) is 61.5 Å². The van der Waals surface area contributed by atoms with E-state index in [1.54, 1.807) is 6.07 Å². The Bertz CT molecular complexity index is 790. The first-order valence-electron chi connectivity index (χ1n) is 9.96. The van der Waals surface area contributed by atoms with Gasteiger partial charge in [-0.15, -0.1) is 0 Å². The largest absolute Gasteiger partial charge is 0.345 e. The van der Waals surface area contributed by atoms with E-state index in [4.69, 9.17) is 11.6 Å². The molecule has 150 valence electrons. The van der Waals surface area contributed by atoms with Crippen LogP contribution in [0.2, 0.25) is 5.02 Å².